The lowest BCUT2D eigenvalue weighted by atomic mass is 9.66. The van der Waals surface area contributed by atoms with Crippen LogP contribution in [0.4, 0.5) is 0 Å². The molecule has 8 atom stereocenters. The Balaban J connectivity index is 1.41. The number of hydrogen-bond acceptors (Lipinski definition) is 17. The van der Waals surface area contributed by atoms with E-state index in [2.05, 4.69) is 0 Å². The van der Waals surface area contributed by atoms with Crippen molar-refractivity contribution in [3.8, 4) is 51.7 Å². The van der Waals surface area contributed by atoms with Gasteiger partial charge in [0.2, 0.25) is 17.2 Å². The number of methoxy groups -OCH3 is 6. The number of phenols is 3. The van der Waals surface area contributed by atoms with Crippen molar-refractivity contribution in [2.75, 3.05) is 62.5 Å². The average molecular weight is 789 g/mol. The first kappa shape index (κ1) is 42.0. The summed E-state index contributed by atoms with van der Waals surface area (Å²) in [6.45, 7) is -1.09. The first-order valence-corrected chi connectivity index (χ1v) is 17.5. The van der Waals surface area contributed by atoms with Gasteiger partial charge in [-0.15, -0.1) is 0 Å². The predicted molar refractivity (Wildman–Crippen MR) is 196 cm³/mol. The third-order valence-electron chi connectivity index (χ3n) is 10.1. The number of ether oxygens (including phenoxy) is 9. The van der Waals surface area contributed by atoms with Crippen molar-refractivity contribution >= 4 is 12.0 Å². The molecule has 1 saturated heterocycles. The number of rotatable bonds is 15. The van der Waals surface area contributed by atoms with E-state index in [-0.39, 0.29) is 71.4 Å². The molecule has 1 aliphatic carbocycles. The predicted octanol–water partition coefficient (Wildman–Crippen LogP) is 1.85. The minimum atomic E-state index is -1.77. The fourth-order valence-corrected chi connectivity index (χ4v) is 7.21. The molecule has 2 aliphatic rings. The van der Waals surface area contributed by atoms with Crippen LogP contribution in [-0.4, -0.2) is 135 Å². The van der Waals surface area contributed by atoms with Crippen LogP contribution in [0.2, 0.25) is 0 Å². The molecule has 0 saturated carbocycles. The Hall–Kier alpha value is -5.17. The molecule has 0 aromatic heterocycles. The summed E-state index contributed by atoms with van der Waals surface area (Å²) in [4.78, 5) is 12.7. The molecule has 306 valence electrons. The summed E-state index contributed by atoms with van der Waals surface area (Å²) in [7, 11) is 8.25. The third-order valence-corrected chi connectivity index (χ3v) is 10.1. The average Bonchev–Trinajstić information content (AvgIpc) is 3.21. The Labute approximate surface area is 322 Å². The van der Waals surface area contributed by atoms with E-state index in [9.17, 15) is 40.5 Å². The number of benzene rings is 3. The monoisotopic (exact) mass is 788 g/mol. The molecule has 0 spiro atoms. The lowest BCUT2D eigenvalue weighted by Gasteiger charge is -2.43. The van der Waals surface area contributed by atoms with Gasteiger partial charge in [0.25, 0.3) is 0 Å². The van der Waals surface area contributed by atoms with Crippen molar-refractivity contribution in [1.29, 1.82) is 0 Å². The number of esters is 1. The molecule has 5 rings (SSSR count). The van der Waals surface area contributed by atoms with Crippen molar-refractivity contribution in [3.05, 3.63) is 58.7 Å². The maximum atomic E-state index is 12.7. The van der Waals surface area contributed by atoms with Crippen LogP contribution in [-0.2, 0) is 25.4 Å². The SMILES string of the molecule is COc1cc(C=CC(=O)OC[C@H]2O[C@@H](OC[C@H]3[C@H](CO)Cc4cc(OC)c(O)c(OC)c4[C@@H]3c3cc(OC)c(O)c(OC)c3)[C@H](O)[C@@H](O)[C@@H]2O)cc(OC)c1O. The maximum Gasteiger partial charge on any atom is 0.330 e. The van der Waals surface area contributed by atoms with E-state index >= 15 is 0 Å². The summed E-state index contributed by atoms with van der Waals surface area (Å²) in [6, 6.07) is 7.76. The fourth-order valence-electron chi connectivity index (χ4n) is 7.21. The van der Waals surface area contributed by atoms with Gasteiger partial charge in [-0.3, -0.25) is 0 Å². The first-order valence-electron chi connectivity index (χ1n) is 17.5. The van der Waals surface area contributed by atoms with Gasteiger partial charge in [0, 0.05) is 24.2 Å². The lowest BCUT2D eigenvalue weighted by molar-refractivity contribution is -0.304. The molecule has 1 fully saturated rings. The number of aromatic hydroxyl groups is 3. The van der Waals surface area contributed by atoms with Crippen LogP contribution in [0.25, 0.3) is 6.08 Å². The number of aliphatic hydroxyl groups excluding tert-OH is 4. The van der Waals surface area contributed by atoms with E-state index in [4.69, 9.17) is 42.6 Å². The van der Waals surface area contributed by atoms with E-state index < -0.39 is 61.0 Å². The number of phenolic OH excluding ortho intramolecular Hbond substituents is 3. The number of hydrogen-bond donors (Lipinski definition) is 7. The minimum absolute atomic E-state index is 0.0845. The summed E-state index contributed by atoms with van der Waals surface area (Å²) in [5.74, 6) is -2.81. The van der Waals surface area contributed by atoms with E-state index in [0.29, 0.717) is 22.3 Å². The molecule has 0 bridgehead atoms. The van der Waals surface area contributed by atoms with Gasteiger partial charge in [-0.25, -0.2) is 4.79 Å². The van der Waals surface area contributed by atoms with E-state index in [0.717, 1.165) is 6.08 Å². The molecule has 7 N–H and O–H groups in total. The Morgan fingerprint density at radius 1 is 0.732 bits per heavy atom. The molecule has 3 aromatic carbocycles. The first-order chi connectivity index (χ1) is 26.8. The molecule has 0 unspecified atom stereocenters. The Kier molecular flexibility index (Phi) is 13.6. The van der Waals surface area contributed by atoms with Crippen molar-refractivity contribution in [2.24, 2.45) is 11.8 Å². The van der Waals surface area contributed by atoms with Gasteiger partial charge in [0.1, 0.15) is 31.0 Å². The van der Waals surface area contributed by atoms with E-state index in [1.165, 1.54) is 60.9 Å². The third kappa shape index (κ3) is 8.33. The van der Waals surface area contributed by atoms with Gasteiger partial charge in [-0.1, -0.05) is 0 Å². The largest absolute Gasteiger partial charge is 0.502 e. The van der Waals surface area contributed by atoms with Crippen molar-refractivity contribution in [2.45, 2.75) is 43.0 Å². The van der Waals surface area contributed by atoms with Crippen LogP contribution in [0.5, 0.6) is 51.7 Å². The molecular formula is C39H48O17. The second-order valence-electron chi connectivity index (χ2n) is 13.2. The van der Waals surface area contributed by atoms with Gasteiger partial charge in [0.15, 0.2) is 40.8 Å². The Morgan fingerprint density at radius 2 is 1.29 bits per heavy atom. The molecule has 0 amide bonds. The molecule has 56 heavy (non-hydrogen) atoms. The molecule has 1 heterocycles. The van der Waals surface area contributed by atoms with Gasteiger partial charge in [-0.2, -0.15) is 0 Å². The van der Waals surface area contributed by atoms with Gasteiger partial charge < -0.3 is 78.4 Å². The Morgan fingerprint density at radius 3 is 1.82 bits per heavy atom. The smallest absolute Gasteiger partial charge is 0.330 e. The zero-order valence-corrected chi connectivity index (χ0v) is 31.7. The van der Waals surface area contributed by atoms with Crippen LogP contribution in [0.1, 0.15) is 28.2 Å². The second kappa shape index (κ2) is 18.2. The second-order valence-corrected chi connectivity index (χ2v) is 13.2. The standard InChI is InChI=1S/C39H48O17/c1-48-23-9-18(10-24(49-2)32(23)42)7-8-29(41)54-17-28-34(44)36(46)37(47)39(56-28)55-16-22-21(15-40)11-19-12-27(52-5)35(45)38(53-6)31(19)30(22)20-13-25(50-3)33(43)26(14-20)51-4/h7-10,12-14,21-22,28,30,34,36-37,39-40,42-47H,11,15-17H2,1-6H3/t21-,22-,28+,30+,34+,36-,37+,39+/m0/s1. The van der Waals surface area contributed by atoms with Crippen LogP contribution < -0.4 is 28.4 Å². The van der Waals surface area contributed by atoms with Gasteiger partial charge in [0.05, 0.1) is 49.3 Å². The number of carbonyl (C=O) groups excluding carboxylic acids is 1. The zero-order chi connectivity index (χ0) is 40.8. The topological polar surface area (TPSA) is 242 Å². The molecule has 17 heteroatoms. The van der Waals surface area contributed by atoms with E-state index in [1.54, 1.807) is 18.2 Å². The fraction of sp³-hybridized carbons (Fsp3) is 0.462. The summed E-state index contributed by atoms with van der Waals surface area (Å²) >= 11 is 0. The van der Waals surface area contributed by atoms with Crippen LogP contribution in [0.3, 0.4) is 0 Å². The highest BCUT2D eigenvalue weighted by Crippen LogP contribution is 2.54. The normalized spacial score (nSPS) is 24.6. The molecule has 3 aromatic rings. The highest BCUT2D eigenvalue weighted by atomic mass is 16.7. The number of carbonyl (C=O) groups is 1. The highest BCUT2D eigenvalue weighted by Gasteiger charge is 2.47. The lowest BCUT2D eigenvalue weighted by Crippen LogP contribution is -2.59. The molecule has 0 radical (unpaired) electrons. The summed E-state index contributed by atoms with van der Waals surface area (Å²) in [5, 5.41) is 75.3. The highest BCUT2D eigenvalue weighted by molar-refractivity contribution is 5.87. The van der Waals surface area contributed by atoms with E-state index in [1.807, 2.05) is 0 Å². The number of fused-ring (bicyclic) bond motifs is 1. The summed E-state index contributed by atoms with van der Waals surface area (Å²) < 4.78 is 49.6. The molecular weight excluding hydrogens is 740 g/mol. The van der Waals surface area contributed by atoms with Crippen molar-refractivity contribution in [3.63, 3.8) is 0 Å². The van der Waals surface area contributed by atoms with Crippen LogP contribution in [0.15, 0.2) is 36.4 Å². The van der Waals surface area contributed by atoms with Gasteiger partial charge >= 0.3 is 5.97 Å². The van der Waals surface area contributed by atoms with Crippen LogP contribution in [0, 0.1) is 11.8 Å². The molecule has 1 aliphatic heterocycles. The van der Waals surface area contributed by atoms with Gasteiger partial charge in [-0.05, 0) is 71.4 Å². The quantitative estimate of drug-likeness (QED) is 0.0859. The summed E-state index contributed by atoms with van der Waals surface area (Å²) in [5.41, 5.74) is 2.18. The number of aliphatic hydroxyl groups is 4. The van der Waals surface area contributed by atoms with Crippen LogP contribution >= 0.6 is 0 Å². The zero-order valence-electron chi connectivity index (χ0n) is 31.7. The Bertz CT molecular complexity index is 1830. The summed E-state index contributed by atoms with van der Waals surface area (Å²) in [6.07, 6.45) is -5.31. The maximum absolute atomic E-state index is 12.7. The molecule has 17 nitrogen and oxygen atoms in total. The van der Waals surface area contributed by atoms with Crippen molar-refractivity contribution in [1.82, 2.24) is 0 Å². The van der Waals surface area contributed by atoms with Crippen molar-refractivity contribution < 1.29 is 83.2 Å². The minimum Gasteiger partial charge on any atom is -0.502 e.